The van der Waals surface area contributed by atoms with Crippen molar-refractivity contribution in [2.45, 2.75) is 38.8 Å². The minimum Gasteiger partial charge on any atom is -0.470 e. The number of oxazole rings is 1. The van der Waals surface area contributed by atoms with Crippen molar-refractivity contribution < 1.29 is 13.5 Å². The Kier molecular flexibility index (Phi) is 4.39. The summed E-state index contributed by atoms with van der Waals surface area (Å²) in [6, 6.07) is 5.26. The molecule has 2 N–H and O–H groups in total. The Morgan fingerprint density at radius 2 is 2.30 bits per heavy atom. The molecule has 1 heterocycles. The highest BCUT2D eigenvalue weighted by Gasteiger charge is 2.17. The lowest BCUT2D eigenvalue weighted by Crippen LogP contribution is -2.40. The van der Waals surface area contributed by atoms with Gasteiger partial charge in [-0.2, -0.15) is 0 Å². The van der Waals surface area contributed by atoms with E-state index in [4.69, 9.17) is 14.9 Å². The Bertz CT molecular complexity index is 605. The third-order valence-corrected chi connectivity index (χ3v) is 2.88. The van der Waals surface area contributed by atoms with Crippen molar-refractivity contribution in [2.75, 3.05) is 0 Å². The van der Waals surface area contributed by atoms with Gasteiger partial charge in [-0.1, -0.05) is 13.3 Å². The lowest BCUT2D eigenvalue weighted by molar-refractivity contribution is 0.147. The van der Waals surface area contributed by atoms with Gasteiger partial charge in [0.05, 0.1) is 6.33 Å². The van der Waals surface area contributed by atoms with E-state index in [1.165, 1.54) is 0 Å². The molecular weight excluding hydrogens is 259 g/mol. The Labute approximate surface area is 117 Å². The molecule has 4 nitrogen and oxygen atoms in total. The van der Waals surface area contributed by atoms with Crippen LogP contribution in [0, 0.1) is 0 Å². The van der Waals surface area contributed by atoms with Gasteiger partial charge in [0.25, 0.3) is 0 Å². The molecule has 0 spiro atoms. The first-order valence-electron chi connectivity index (χ1n) is 6.69. The van der Waals surface area contributed by atoms with Gasteiger partial charge < -0.3 is 9.15 Å². The van der Waals surface area contributed by atoms with Crippen molar-refractivity contribution in [3.8, 4) is 5.75 Å². The number of unbranched alkanes of at least 4 members (excludes halogenated alkanes) is 1. The molecule has 1 aromatic heterocycles. The molecule has 0 amide bonds. The second-order valence-electron chi connectivity index (χ2n) is 4.92. The van der Waals surface area contributed by atoms with E-state index in [1.54, 1.807) is 25.1 Å². The first-order valence-corrected chi connectivity index (χ1v) is 6.69. The maximum absolute atomic E-state index is 12.2. The first-order chi connectivity index (χ1) is 9.54. The zero-order valence-electron chi connectivity index (χ0n) is 11.7. The SMILES string of the molecule is CCCCc1nc2ccc(OC(C)(N)C=CF)cc2o1. The van der Waals surface area contributed by atoms with Gasteiger partial charge >= 0.3 is 0 Å². The summed E-state index contributed by atoms with van der Waals surface area (Å²) in [5.74, 6) is 1.23. The predicted molar refractivity (Wildman–Crippen MR) is 76.1 cm³/mol. The van der Waals surface area contributed by atoms with Crippen molar-refractivity contribution in [1.29, 1.82) is 0 Å². The van der Waals surface area contributed by atoms with Crippen molar-refractivity contribution in [3.05, 3.63) is 36.5 Å². The number of aryl methyl sites for hydroxylation is 1. The van der Waals surface area contributed by atoms with E-state index in [1.807, 2.05) is 0 Å². The summed E-state index contributed by atoms with van der Waals surface area (Å²) in [5, 5.41) is 0. The number of halogens is 1. The number of nitrogens with two attached hydrogens (primary N) is 1. The molecule has 0 saturated heterocycles. The van der Waals surface area contributed by atoms with Crippen LogP contribution in [0.4, 0.5) is 4.39 Å². The number of ether oxygens (including phenoxy) is 1. The van der Waals surface area contributed by atoms with Gasteiger partial charge in [-0.3, -0.25) is 5.73 Å². The lowest BCUT2D eigenvalue weighted by atomic mass is 10.2. The van der Waals surface area contributed by atoms with E-state index in [9.17, 15) is 4.39 Å². The van der Waals surface area contributed by atoms with Crippen molar-refractivity contribution in [1.82, 2.24) is 4.98 Å². The molecule has 0 radical (unpaired) electrons. The molecule has 0 aliphatic carbocycles. The van der Waals surface area contributed by atoms with E-state index in [-0.39, 0.29) is 0 Å². The molecule has 2 rings (SSSR count). The third-order valence-electron chi connectivity index (χ3n) is 2.88. The van der Waals surface area contributed by atoms with Crippen molar-refractivity contribution >= 4 is 11.1 Å². The van der Waals surface area contributed by atoms with Gasteiger partial charge in [0, 0.05) is 18.6 Å². The Morgan fingerprint density at radius 3 is 3.00 bits per heavy atom. The zero-order chi connectivity index (χ0) is 14.6. The summed E-state index contributed by atoms with van der Waals surface area (Å²) < 4.78 is 23.4. The topological polar surface area (TPSA) is 61.3 Å². The second kappa shape index (κ2) is 6.05. The van der Waals surface area contributed by atoms with E-state index in [0.717, 1.165) is 36.7 Å². The molecule has 108 valence electrons. The van der Waals surface area contributed by atoms with Crippen LogP contribution in [0.25, 0.3) is 11.1 Å². The highest BCUT2D eigenvalue weighted by atomic mass is 19.1. The molecule has 20 heavy (non-hydrogen) atoms. The normalized spacial score (nSPS) is 14.8. The summed E-state index contributed by atoms with van der Waals surface area (Å²) in [6.07, 6.45) is 4.47. The van der Waals surface area contributed by atoms with Gasteiger partial charge in [0.1, 0.15) is 11.3 Å². The zero-order valence-corrected chi connectivity index (χ0v) is 11.7. The number of rotatable bonds is 6. The van der Waals surface area contributed by atoms with Crippen LogP contribution in [0.15, 0.2) is 35.0 Å². The van der Waals surface area contributed by atoms with Crippen LogP contribution in [-0.2, 0) is 6.42 Å². The van der Waals surface area contributed by atoms with Crippen LogP contribution in [0.2, 0.25) is 0 Å². The van der Waals surface area contributed by atoms with Crippen LogP contribution >= 0.6 is 0 Å². The number of nitrogens with zero attached hydrogens (tertiary/aromatic N) is 1. The van der Waals surface area contributed by atoms with E-state index < -0.39 is 5.72 Å². The highest BCUT2D eigenvalue weighted by Crippen LogP contribution is 2.24. The summed E-state index contributed by atoms with van der Waals surface area (Å²) in [4.78, 5) is 4.40. The average Bonchev–Trinajstić information content (AvgIpc) is 2.77. The monoisotopic (exact) mass is 278 g/mol. The molecule has 1 unspecified atom stereocenters. The average molecular weight is 278 g/mol. The molecule has 1 aromatic carbocycles. The Morgan fingerprint density at radius 1 is 1.50 bits per heavy atom. The minimum atomic E-state index is -1.20. The smallest absolute Gasteiger partial charge is 0.195 e. The standard InChI is InChI=1S/C15H19FN2O2/c1-3-4-5-14-18-12-7-6-11(10-13(12)19-14)20-15(2,17)8-9-16/h6-10H,3-5,17H2,1-2H3. The maximum Gasteiger partial charge on any atom is 0.195 e. The van der Waals surface area contributed by atoms with Crippen LogP contribution in [0.5, 0.6) is 5.75 Å². The quantitative estimate of drug-likeness (QED) is 0.818. The van der Waals surface area contributed by atoms with Gasteiger partial charge in [-0.25, -0.2) is 9.37 Å². The van der Waals surface area contributed by atoms with E-state index >= 15 is 0 Å². The van der Waals surface area contributed by atoms with Gasteiger partial charge in [0.15, 0.2) is 17.2 Å². The van der Waals surface area contributed by atoms with Crippen LogP contribution in [-0.4, -0.2) is 10.7 Å². The van der Waals surface area contributed by atoms with E-state index in [0.29, 0.717) is 17.7 Å². The highest BCUT2D eigenvalue weighted by molar-refractivity contribution is 5.74. The first kappa shape index (κ1) is 14.5. The maximum atomic E-state index is 12.2. The molecule has 1 atom stereocenters. The summed E-state index contributed by atoms with van der Waals surface area (Å²) in [7, 11) is 0. The fourth-order valence-corrected chi connectivity index (χ4v) is 1.86. The summed E-state index contributed by atoms with van der Waals surface area (Å²) >= 11 is 0. The number of hydrogen-bond donors (Lipinski definition) is 1. The largest absolute Gasteiger partial charge is 0.470 e. The Balaban J connectivity index is 2.20. The number of hydrogen-bond acceptors (Lipinski definition) is 4. The molecule has 0 bridgehead atoms. The van der Waals surface area contributed by atoms with Crippen LogP contribution < -0.4 is 10.5 Å². The molecule has 0 aliphatic heterocycles. The van der Waals surface area contributed by atoms with Crippen LogP contribution in [0.3, 0.4) is 0 Å². The molecule has 0 aliphatic rings. The van der Waals surface area contributed by atoms with Gasteiger partial charge in [0.2, 0.25) is 0 Å². The van der Waals surface area contributed by atoms with Crippen LogP contribution in [0.1, 0.15) is 32.6 Å². The Hall–Kier alpha value is -1.88. The molecular formula is C15H19FN2O2. The van der Waals surface area contributed by atoms with Crippen molar-refractivity contribution in [2.24, 2.45) is 5.73 Å². The molecule has 0 saturated carbocycles. The molecule has 5 heteroatoms. The minimum absolute atomic E-state index is 0.371. The predicted octanol–water partition coefficient (Wildman–Crippen LogP) is 3.71. The fourth-order valence-electron chi connectivity index (χ4n) is 1.86. The van der Waals surface area contributed by atoms with Gasteiger partial charge in [-0.05, 0) is 25.5 Å². The van der Waals surface area contributed by atoms with E-state index in [2.05, 4.69) is 11.9 Å². The summed E-state index contributed by atoms with van der Waals surface area (Å²) in [6.45, 7) is 3.69. The number of benzene rings is 1. The fraction of sp³-hybridized carbons (Fsp3) is 0.400. The molecule has 0 fully saturated rings. The number of fused-ring (bicyclic) bond motifs is 1. The second-order valence-corrected chi connectivity index (χ2v) is 4.92. The van der Waals surface area contributed by atoms with Gasteiger partial charge in [-0.15, -0.1) is 0 Å². The van der Waals surface area contributed by atoms with Crippen molar-refractivity contribution in [3.63, 3.8) is 0 Å². The molecule has 2 aromatic rings. The lowest BCUT2D eigenvalue weighted by Gasteiger charge is -2.21. The summed E-state index contributed by atoms with van der Waals surface area (Å²) in [5.41, 5.74) is 6.01. The number of aromatic nitrogens is 1. The third kappa shape index (κ3) is 3.57.